The Morgan fingerprint density at radius 1 is 1.06 bits per heavy atom. The topological polar surface area (TPSA) is 115 Å². The molecule has 9 heteroatoms. The van der Waals surface area contributed by atoms with E-state index in [0.717, 1.165) is 47.6 Å². The number of nitrogens with one attached hydrogen (secondary N) is 1. The first-order chi connectivity index (χ1) is 15.2. The number of aryl methyl sites for hydroxylation is 1. The monoisotopic (exact) mass is 416 g/mol. The first-order valence-corrected chi connectivity index (χ1v) is 10.4. The van der Waals surface area contributed by atoms with Crippen LogP contribution in [0, 0.1) is 0 Å². The van der Waals surface area contributed by atoms with E-state index in [1.165, 1.54) is 0 Å². The van der Waals surface area contributed by atoms with Crippen LogP contribution in [0.2, 0.25) is 0 Å². The molecule has 1 N–H and O–H groups in total. The summed E-state index contributed by atoms with van der Waals surface area (Å²) < 4.78 is 1.82. The second-order valence-electron chi connectivity index (χ2n) is 7.26. The van der Waals surface area contributed by atoms with Gasteiger partial charge in [0.25, 0.3) is 0 Å². The normalized spacial score (nSPS) is 11.0. The Hall–Kier alpha value is -3.75. The van der Waals surface area contributed by atoms with Gasteiger partial charge in [-0.15, -0.1) is 10.2 Å². The molecule has 0 saturated heterocycles. The fourth-order valence-corrected chi connectivity index (χ4v) is 3.42. The molecule has 0 aliphatic heterocycles. The van der Waals surface area contributed by atoms with E-state index in [-0.39, 0.29) is 5.78 Å². The maximum absolute atomic E-state index is 12.2. The van der Waals surface area contributed by atoms with Gasteiger partial charge in [0.2, 0.25) is 11.6 Å². The molecule has 3 heterocycles. The molecule has 158 valence electrons. The van der Waals surface area contributed by atoms with E-state index in [0.29, 0.717) is 24.5 Å². The van der Waals surface area contributed by atoms with E-state index in [9.17, 15) is 4.79 Å². The van der Waals surface area contributed by atoms with Crippen molar-refractivity contribution in [3.05, 3.63) is 59.9 Å². The summed E-state index contributed by atoms with van der Waals surface area (Å²) in [4.78, 5) is 21.4. The molecule has 31 heavy (non-hydrogen) atoms. The maximum Gasteiger partial charge on any atom is 0.217 e. The summed E-state index contributed by atoms with van der Waals surface area (Å²) in [6, 6.07) is 11.9. The van der Waals surface area contributed by atoms with Gasteiger partial charge >= 0.3 is 0 Å². The molecule has 0 atom stereocenters. The van der Waals surface area contributed by atoms with Crippen LogP contribution in [0.5, 0.6) is 0 Å². The lowest BCUT2D eigenvalue weighted by Gasteiger charge is -2.08. The van der Waals surface area contributed by atoms with Crippen LogP contribution < -0.4 is 0 Å². The van der Waals surface area contributed by atoms with Gasteiger partial charge in [0.1, 0.15) is 5.82 Å². The Balaban J connectivity index is 1.58. The van der Waals surface area contributed by atoms with Crippen LogP contribution in [0.3, 0.4) is 0 Å². The zero-order chi connectivity index (χ0) is 21.6. The quantitative estimate of drug-likeness (QED) is 0.415. The van der Waals surface area contributed by atoms with Crippen LogP contribution in [0.15, 0.2) is 42.6 Å². The second-order valence-corrected chi connectivity index (χ2v) is 7.26. The molecule has 0 bridgehead atoms. The van der Waals surface area contributed by atoms with E-state index >= 15 is 0 Å². The Kier molecular flexibility index (Phi) is 6.21. The largest absolute Gasteiger partial charge is 0.291 e. The molecule has 0 unspecified atom stereocenters. The van der Waals surface area contributed by atoms with Gasteiger partial charge in [-0.2, -0.15) is 0 Å². The first-order valence-electron chi connectivity index (χ1n) is 10.4. The number of carbonyl (C=O) groups is 1. The zero-order valence-corrected chi connectivity index (χ0v) is 17.6. The summed E-state index contributed by atoms with van der Waals surface area (Å²) >= 11 is 0. The van der Waals surface area contributed by atoms with Gasteiger partial charge in [0, 0.05) is 42.4 Å². The minimum atomic E-state index is -0.0135. The van der Waals surface area contributed by atoms with E-state index in [1.807, 2.05) is 54.2 Å². The van der Waals surface area contributed by atoms with Crippen molar-refractivity contribution in [2.45, 2.75) is 46.1 Å². The molecule has 0 aliphatic carbocycles. The van der Waals surface area contributed by atoms with E-state index in [1.54, 1.807) is 0 Å². The van der Waals surface area contributed by atoms with Crippen LogP contribution in [0.4, 0.5) is 0 Å². The zero-order valence-electron chi connectivity index (χ0n) is 17.6. The Labute approximate surface area is 180 Å². The van der Waals surface area contributed by atoms with Crippen LogP contribution in [0.25, 0.3) is 22.5 Å². The van der Waals surface area contributed by atoms with Crippen molar-refractivity contribution in [2.75, 3.05) is 0 Å². The van der Waals surface area contributed by atoms with Gasteiger partial charge in [-0.05, 0) is 34.9 Å². The minimum absolute atomic E-state index is 0.0135. The van der Waals surface area contributed by atoms with Crippen molar-refractivity contribution in [2.24, 2.45) is 0 Å². The highest BCUT2D eigenvalue weighted by atomic mass is 16.1. The molecule has 3 aromatic heterocycles. The molecule has 1 aromatic carbocycles. The molecule has 4 rings (SSSR count). The summed E-state index contributed by atoms with van der Waals surface area (Å²) in [7, 11) is 0. The van der Waals surface area contributed by atoms with Gasteiger partial charge in [-0.3, -0.25) is 9.78 Å². The number of pyridine rings is 1. The summed E-state index contributed by atoms with van der Waals surface area (Å²) in [5, 5.41) is 18.6. The number of hydrogen-bond donors (Lipinski definition) is 1. The number of benzene rings is 1. The minimum Gasteiger partial charge on any atom is -0.291 e. The van der Waals surface area contributed by atoms with Crippen molar-refractivity contribution < 1.29 is 4.79 Å². The second kappa shape index (κ2) is 9.38. The smallest absolute Gasteiger partial charge is 0.217 e. The summed E-state index contributed by atoms with van der Waals surface area (Å²) in [6.07, 6.45) is 4.51. The first kappa shape index (κ1) is 20.5. The number of hydrogen-bond acceptors (Lipinski definition) is 7. The maximum atomic E-state index is 12.2. The average molecular weight is 416 g/mol. The van der Waals surface area contributed by atoms with Crippen LogP contribution in [0.1, 0.15) is 55.2 Å². The standard InChI is InChI=1S/C22H24N8O/c1-3-7-19(31)22-24-20(30(27-22)12-4-2)13-16-11-10-15(14-23-16)17-8-5-6-9-18(17)21-25-28-29-26-21/h5-6,8-11,14H,3-4,7,12-13H2,1-2H3,(H,25,26,28,29). The van der Waals surface area contributed by atoms with Gasteiger partial charge in [0.15, 0.2) is 5.82 Å². The Bertz CT molecular complexity index is 1150. The fourth-order valence-electron chi connectivity index (χ4n) is 3.42. The SMILES string of the molecule is CCCC(=O)c1nc(Cc2ccc(-c3ccccc3-c3nnn[nH]3)cn2)n(CCC)n1. The summed E-state index contributed by atoms with van der Waals surface area (Å²) in [5.41, 5.74) is 3.72. The number of Topliss-reactive ketones (excluding diaryl/α,β-unsaturated/α-hetero) is 1. The molecule has 9 nitrogen and oxygen atoms in total. The van der Waals surface area contributed by atoms with Crippen molar-refractivity contribution in [1.82, 2.24) is 40.4 Å². The molecule has 0 aliphatic rings. The predicted octanol–water partition coefficient (Wildman–Crippen LogP) is 3.50. The number of rotatable bonds is 9. The van der Waals surface area contributed by atoms with E-state index in [4.69, 9.17) is 0 Å². The van der Waals surface area contributed by atoms with E-state index < -0.39 is 0 Å². The predicted molar refractivity (Wildman–Crippen MR) is 115 cm³/mol. The van der Waals surface area contributed by atoms with Gasteiger partial charge in [-0.1, -0.05) is 44.2 Å². The summed E-state index contributed by atoms with van der Waals surface area (Å²) in [5.74, 6) is 1.66. The third-order valence-corrected chi connectivity index (χ3v) is 4.91. The van der Waals surface area contributed by atoms with Crippen molar-refractivity contribution in [1.29, 1.82) is 0 Å². The van der Waals surface area contributed by atoms with Crippen molar-refractivity contribution in [3.8, 4) is 22.5 Å². The van der Waals surface area contributed by atoms with Crippen LogP contribution in [-0.2, 0) is 13.0 Å². The molecule has 4 aromatic rings. The van der Waals surface area contributed by atoms with Gasteiger partial charge < -0.3 is 0 Å². The highest BCUT2D eigenvalue weighted by molar-refractivity contribution is 5.92. The number of aromatic nitrogens is 8. The molecule has 0 spiro atoms. The van der Waals surface area contributed by atoms with Gasteiger partial charge in [0.05, 0.1) is 0 Å². The third-order valence-electron chi connectivity index (χ3n) is 4.91. The summed E-state index contributed by atoms with van der Waals surface area (Å²) in [6.45, 7) is 4.77. The highest BCUT2D eigenvalue weighted by Gasteiger charge is 2.16. The van der Waals surface area contributed by atoms with Crippen LogP contribution >= 0.6 is 0 Å². The number of ketones is 1. The Morgan fingerprint density at radius 3 is 2.58 bits per heavy atom. The molecular formula is C22H24N8O. The fraction of sp³-hybridized carbons (Fsp3) is 0.318. The van der Waals surface area contributed by atoms with Crippen molar-refractivity contribution >= 4 is 5.78 Å². The molecule has 0 radical (unpaired) electrons. The number of tetrazole rings is 1. The molecular weight excluding hydrogens is 392 g/mol. The lowest BCUT2D eigenvalue weighted by Crippen LogP contribution is -2.07. The van der Waals surface area contributed by atoms with Crippen LogP contribution in [-0.4, -0.2) is 46.2 Å². The van der Waals surface area contributed by atoms with Gasteiger partial charge in [-0.25, -0.2) is 14.8 Å². The number of nitrogens with zero attached hydrogens (tertiary/aromatic N) is 7. The molecule has 0 saturated carbocycles. The number of H-pyrrole nitrogens is 1. The number of carbonyl (C=O) groups excluding carboxylic acids is 1. The van der Waals surface area contributed by atoms with E-state index in [2.05, 4.69) is 42.6 Å². The average Bonchev–Trinajstić information content (AvgIpc) is 3.46. The highest BCUT2D eigenvalue weighted by Crippen LogP contribution is 2.29. The lowest BCUT2D eigenvalue weighted by atomic mass is 10.0. The lowest BCUT2D eigenvalue weighted by molar-refractivity contribution is 0.0971. The third kappa shape index (κ3) is 4.55. The molecule has 0 fully saturated rings. The van der Waals surface area contributed by atoms with Crippen molar-refractivity contribution in [3.63, 3.8) is 0 Å². The molecule has 0 amide bonds. The Morgan fingerprint density at radius 2 is 1.90 bits per heavy atom. The number of aromatic amines is 1.